The van der Waals surface area contributed by atoms with Gasteiger partial charge in [0.05, 0.1) is 0 Å². The monoisotopic (exact) mass is 270 g/mol. The predicted octanol–water partition coefficient (Wildman–Crippen LogP) is 1.90. The third kappa shape index (κ3) is 2.12. The number of rotatable bonds is 2. The lowest BCUT2D eigenvalue weighted by Crippen LogP contribution is -2.36. The Morgan fingerprint density at radius 2 is 2.40 bits per heavy atom. The number of carboxylic acid groups (broad SMARTS) is 1. The number of anilines is 1. The summed E-state index contributed by atoms with van der Waals surface area (Å²) in [5, 5.41) is 9.02. The Labute approximate surface area is 96.1 Å². The molecule has 2 heterocycles. The summed E-state index contributed by atoms with van der Waals surface area (Å²) < 4.78 is 0.900. The van der Waals surface area contributed by atoms with Gasteiger partial charge in [-0.15, -0.1) is 0 Å². The van der Waals surface area contributed by atoms with Crippen molar-refractivity contribution in [1.82, 2.24) is 4.98 Å². The first-order valence-electron chi connectivity index (χ1n) is 4.79. The zero-order valence-electron chi connectivity index (χ0n) is 8.06. The van der Waals surface area contributed by atoms with E-state index in [1.807, 2.05) is 17.0 Å². The zero-order valence-corrected chi connectivity index (χ0v) is 9.64. The van der Waals surface area contributed by atoms with Crippen LogP contribution in [0.15, 0.2) is 22.8 Å². The number of nitrogens with zero attached hydrogens (tertiary/aromatic N) is 2. The van der Waals surface area contributed by atoms with Gasteiger partial charge in [-0.05, 0) is 40.9 Å². The van der Waals surface area contributed by atoms with Crippen LogP contribution in [0.5, 0.6) is 0 Å². The molecule has 80 valence electrons. The van der Waals surface area contributed by atoms with Gasteiger partial charge in [-0.25, -0.2) is 9.78 Å². The quantitative estimate of drug-likeness (QED) is 0.892. The second kappa shape index (κ2) is 4.18. The Bertz CT molecular complexity index is 366. The van der Waals surface area contributed by atoms with E-state index in [9.17, 15) is 4.79 Å². The minimum Gasteiger partial charge on any atom is -0.480 e. The molecule has 0 amide bonds. The average Bonchev–Trinajstić information content (AvgIpc) is 2.67. The molecular weight excluding hydrogens is 260 g/mol. The van der Waals surface area contributed by atoms with Gasteiger partial charge < -0.3 is 10.0 Å². The van der Waals surface area contributed by atoms with Crippen molar-refractivity contribution >= 4 is 27.7 Å². The second-order valence-corrected chi connectivity index (χ2v) is 4.44. The minimum absolute atomic E-state index is 0.418. The van der Waals surface area contributed by atoms with Crippen LogP contribution < -0.4 is 4.90 Å². The molecule has 15 heavy (non-hydrogen) atoms. The second-order valence-electron chi connectivity index (χ2n) is 3.52. The van der Waals surface area contributed by atoms with E-state index in [1.54, 1.807) is 6.20 Å². The molecule has 5 heteroatoms. The van der Waals surface area contributed by atoms with Crippen LogP contribution in [0.4, 0.5) is 5.82 Å². The summed E-state index contributed by atoms with van der Waals surface area (Å²) in [6.45, 7) is 0.769. The van der Waals surface area contributed by atoms with Crippen molar-refractivity contribution in [2.75, 3.05) is 11.4 Å². The van der Waals surface area contributed by atoms with E-state index in [0.717, 1.165) is 23.3 Å². The normalized spacial score (nSPS) is 20.6. The SMILES string of the molecule is O=C(O)[C@@H]1CCCN1c1ccc(Br)cn1. The molecule has 1 aliphatic rings. The Hall–Kier alpha value is -1.10. The van der Waals surface area contributed by atoms with Crippen LogP contribution in [-0.2, 0) is 4.79 Å². The van der Waals surface area contributed by atoms with Crippen molar-refractivity contribution < 1.29 is 9.90 Å². The molecule has 1 aromatic heterocycles. The van der Waals surface area contributed by atoms with Crippen LogP contribution in [0.3, 0.4) is 0 Å². The largest absolute Gasteiger partial charge is 0.480 e. The summed E-state index contributed by atoms with van der Waals surface area (Å²) in [4.78, 5) is 17.0. The molecule has 0 bridgehead atoms. The molecule has 1 fully saturated rings. The highest BCUT2D eigenvalue weighted by molar-refractivity contribution is 9.10. The highest BCUT2D eigenvalue weighted by Crippen LogP contribution is 2.24. The third-order valence-electron chi connectivity index (χ3n) is 2.54. The minimum atomic E-state index is -0.766. The van der Waals surface area contributed by atoms with Gasteiger partial charge in [-0.2, -0.15) is 0 Å². The number of halogens is 1. The fraction of sp³-hybridized carbons (Fsp3) is 0.400. The van der Waals surface area contributed by atoms with E-state index >= 15 is 0 Å². The molecule has 1 aliphatic heterocycles. The van der Waals surface area contributed by atoms with Crippen LogP contribution in [0, 0.1) is 0 Å². The standard InChI is InChI=1S/C10H11BrN2O2/c11-7-3-4-9(12-6-7)13-5-1-2-8(13)10(14)15/h3-4,6,8H,1-2,5H2,(H,14,15)/t8-/m0/s1. The van der Waals surface area contributed by atoms with Gasteiger partial charge in [0, 0.05) is 17.2 Å². The number of pyridine rings is 1. The van der Waals surface area contributed by atoms with Crippen molar-refractivity contribution in [2.45, 2.75) is 18.9 Å². The molecule has 4 nitrogen and oxygen atoms in total. The van der Waals surface area contributed by atoms with Crippen molar-refractivity contribution in [3.63, 3.8) is 0 Å². The van der Waals surface area contributed by atoms with E-state index in [4.69, 9.17) is 5.11 Å². The van der Waals surface area contributed by atoms with Gasteiger partial charge in [0.15, 0.2) is 0 Å². The lowest BCUT2D eigenvalue weighted by atomic mass is 10.2. The maximum Gasteiger partial charge on any atom is 0.326 e. The first-order chi connectivity index (χ1) is 7.18. The molecular formula is C10H11BrN2O2. The number of carboxylic acids is 1. The van der Waals surface area contributed by atoms with E-state index in [1.165, 1.54) is 0 Å². The van der Waals surface area contributed by atoms with E-state index < -0.39 is 12.0 Å². The molecule has 1 N–H and O–H groups in total. The van der Waals surface area contributed by atoms with Crippen LogP contribution in [0.25, 0.3) is 0 Å². The molecule has 1 aromatic rings. The van der Waals surface area contributed by atoms with Gasteiger partial charge in [0.2, 0.25) is 0 Å². The number of aromatic nitrogens is 1. The van der Waals surface area contributed by atoms with Crippen molar-refractivity contribution in [3.8, 4) is 0 Å². The van der Waals surface area contributed by atoms with E-state index in [2.05, 4.69) is 20.9 Å². The number of hydrogen-bond acceptors (Lipinski definition) is 3. The third-order valence-corrected chi connectivity index (χ3v) is 3.01. The van der Waals surface area contributed by atoms with Gasteiger partial charge >= 0.3 is 5.97 Å². The molecule has 0 unspecified atom stereocenters. The first kappa shape index (κ1) is 10.4. The topological polar surface area (TPSA) is 53.4 Å². The molecule has 0 aliphatic carbocycles. The summed E-state index contributed by atoms with van der Waals surface area (Å²) in [6, 6.07) is 3.30. The summed E-state index contributed by atoms with van der Waals surface area (Å²) in [6.07, 6.45) is 3.30. The number of aliphatic carboxylic acids is 1. The smallest absolute Gasteiger partial charge is 0.326 e. The van der Waals surface area contributed by atoms with Gasteiger partial charge in [0.1, 0.15) is 11.9 Å². The van der Waals surface area contributed by atoms with Crippen LogP contribution in [-0.4, -0.2) is 28.6 Å². The van der Waals surface area contributed by atoms with E-state index in [0.29, 0.717) is 6.42 Å². The van der Waals surface area contributed by atoms with Crippen molar-refractivity contribution in [1.29, 1.82) is 0 Å². The molecule has 2 rings (SSSR count). The Balaban J connectivity index is 2.22. The zero-order chi connectivity index (χ0) is 10.8. The van der Waals surface area contributed by atoms with Gasteiger partial charge in [-0.3, -0.25) is 0 Å². The highest BCUT2D eigenvalue weighted by Gasteiger charge is 2.31. The molecule has 1 saturated heterocycles. The molecule has 0 aromatic carbocycles. The molecule has 1 atom stereocenters. The Morgan fingerprint density at radius 1 is 1.60 bits per heavy atom. The van der Waals surface area contributed by atoms with Crippen molar-refractivity contribution in [2.24, 2.45) is 0 Å². The molecule has 0 radical (unpaired) electrons. The predicted molar refractivity (Wildman–Crippen MR) is 59.9 cm³/mol. The van der Waals surface area contributed by atoms with E-state index in [-0.39, 0.29) is 0 Å². The molecule has 0 spiro atoms. The summed E-state index contributed by atoms with van der Waals surface area (Å²) in [5.41, 5.74) is 0. The summed E-state index contributed by atoms with van der Waals surface area (Å²) in [5.74, 6) is -0.0275. The van der Waals surface area contributed by atoms with Crippen molar-refractivity contribution in [3.05, 3.63) is 22.8 Å². The van der Waals surface area contributed by atoms with Crippen LogP contribution in [0.1, 0.15) is 12.8 Å². The lowest BCUT2D eigenvalue weighted by molar-refractivity contribution is -0.138. The lowest BCUT2D eigenvalue weighted by Gasteiger charge is -2.22. The first-order valence-corrected chi connectivity index (χ1v) is 5.59. The Morgan fingerprint density at radius 3 is 3.00 bits per heavy atom. The Kier molecular flexibility index (Phi) is 2.90. The molecule has 0 saturated carbocycles. The number of carbonyl (C=O) groups is 1. The van der Waals surface area contributed by atoms with Crippen LogP contribution in [0.2, 0.25) is 0 Å². The maximum absolute atomic E-state index is 11.0. The van der Waals surface area contributed by atoms with Gasteiger partial charge in [0.25, 0.3) is 0 Å². The fourth-order valence-corrected chi connectivity index (χ4v) is 2.07. The van der Waals surface area contributed by atoms with Crippen LogP contribution >= 0.6 is 15.9 Å². The summed E-state index contributed by atoms with van der Waals surface area (Å²) in [7, 11) is 0. The summed E-state index contributed by atoms with van der Waals surface area (Å²) >= 11 is 3.30. The number of hydrogen-bond donors (Lipinski definition) is 1. The highest BCUT2D eigenvalue weighted by atomic mass is 79.9. The maximum atomic E-state index is 11.0. The average molecular weight is 271 g/mol. The fourth-order valence-electron chi connectivity index (χ4n) is 1.84. The van der Waals surface area contributed by atoms with Gasteiger partial charge in [-0.1, -0.05) is 0 Å².